The molecular weight excluding hydrogens is 222 g/mol. The van der Waals surface area contributed by atoms with Gasteiger partial charge in [0.2, 0.25) is 5.91 Å². The Morgan fingerprint density at radius 1 is 1.62 bits per heavy atom. The second kappa shape index (κ2) is 6.15. The van der Waals surface area contributed by atoms with Crippen molar-refractivity contribution in [1.29, 1.82) is 0 Å². The Morgan fingerprint density at radius 2 is 2.31 bits per heavy atom. The molecule has 0 aromatic carbocycles. The van der Waals surface area contributed by atoms with Crippen LogP contribution in [0.1, 0.15) is 33.1 Å². The zero-order valence-electron chi connectivity index (χ0n) is 10.0. The van der Waals surface area contributed by atoms with E-state index in [4.69, 9.17) is 18.0 Å². The third-order valence-electron chi connectivity index (χ3n) is 2.91. The Kier molecular flexibility index (Phi) is 5.15. The van der Waals surface area contributed by atoms with Gasteiger partial charge in [-0.2, -0.15) is 0 Å². The molecule has 0 aromatic rings. The number of hydrogen-bond acceptors (Lipinski definition) is 3. The summed E-state index contributed by atoms with van der Waals surface area (Å²) < 4.78 is 0. The topological polar surface area (TPSA) is 58.4 Å². The summed E-state index contributed by atoms with van der Waals surface area (Å²) in [6.07, 6.45) is 3.03. The minimum Gasteiger partial charge on any atom is -0.392 e. The molecule has 0 bridgehead atoms. The first-order valence-electron chi connectivity index (χ1n) is 5.84. The SMILES string of the molecule is CC(C)N(CC(N)=S)C1CCCCNC1=O. The van der Waals surface area contributed by atoms with Crippen LogP contribution in [0.3, 0.4) is 0 Å². The van der Waals surface area contributed by atoms with Crippen molar-refractivity contribution in [2.45, 2.75) is 45.2 Å². The van der Waals surface area contributed by atoms with Crippen LogP contribution in [0, 0.1) is 0 Å². The maximum atomic E-state index is 11.9. The van der Waals surface area contributed by atoms with Crippen LogP contribution in [0.5, 0.6) is 0 Å². The van der Waals surface area contributed by atoms with Crippen LogP contribution in [0.2, 0.25) is 0 Å². The molecule has 16 heavy (non-hydrogen) atoms. The lowest BCUT2D eigenvalue weighted by Gasteiger charge is -2.32. The number of thiocarbonyl (C=S) groups is 1. The standard InChI is InChI=1S/C11H21N3OS/c1-8(2)14(7-10(12)16)9-5-3-4-6-13-11(9)15/h8-9H,3-7H2,1-2H3,(H2,12,16)(H,13,15). The fourth-order valence-corrected chi connectivity index (χ4v) is 2.22. The highest BCUT2D eigenvalue weighted by molar-refractivity contribution is 7.80. The summed E-state index contributed by atoms with van der Waals surface area (Å²) in [5.74, 6) is 0.113. The van der Waals surface area contributed by atoms with E-state index in [0.717, 1.165) is 25.8 Å². The highest BCUT2D eigenvalue weighted by Crippen LogP contribution is 2.15. The van der Waals surface area contributed by atoms with Crippen LogP contribution < -0.4 is 11.1 Å². The van der Waals surface area contributed by atoms with E-state index in [-0.39, 0.29) is 18.0 Å². The summed E-state index contributed by atoms with van der Waals surface area (Å²) in [5, 5.41) is 2.94. The van der Waals surface area contributed by atoms with Gasteiger partial charge in [0, 0.05) is 19.1 Å². The number of rotatable bonds is 4. The molecule has 1 heterocycles. The lowest BCUT2D eigenvalue weighted by Crippen LogP contribution is -2.51. The molecule has 4 nitrogen and oxygen atoms in total. The molecule has 92 valence electrons. The molecule has 0 radical (unpaired) electrons. The van der Waals surface area contributed by atoms with Crippen molar-refractivity contribution in [1.82, 2.24) is 10.2 Å². The fourth-order valence-electron chi connectivity index (χ4n) is 2.07. The maximum absolute atomic E-state index is 11.9. The minimum absolute atomic E-state index is 0.0796. The van der Waals surface area contributed by atoms with Gasteiger partial charge in [-0.15, -0.1) is 0 Å². The van der Waals surface area contributed by atoms with Gasteiger partial charge in [-0.25, -0.2) is 0 Å². The summed E-state index contributed by atoms with van der Waals surface area (Å²) in [4.78, 5) is 14.4. The molecule has 0 saturated carbocycles. The van der Waals surface area contributed by atoms with E-state index in [1.165, 1.54) is 0 Å². The summed E-state index contributed by atoms with van der Waals surface area (Å²) >= 11 is 4.94. The van der Waals surface area contributed by atoms with Crippen LogP contribution >= 0.6 is 12.2 Å². The Balaban J connectivity index is 2.74. The van der Waals surface area contributed by atoms with Crippen molar-refractivity contribution >= 4 is 23.1 Å². The maximum Gasteiger partial charge on any atom is 0.237 e. The van der Waals surface area contributed by atoms with Crippen LogP contribution in [0.15, 0.2) is 0 Å². The summed E-state index contributed by atoms with van der Waals surface area (Å²) in [5.41, 5.74) is 5.58. The first-order chi connectivity index (χ1) is 7.52. The minimum atomic E-state index is -0.0796. The van der Waals surface area contributed by atoms with Crippen LogP contribution in [0.4, 0.5) is 0 Å². The van der Waals surface area contributed by atoms with Gasteiger partial charge in [0.15, 0.2) is 0 Å². The van der Waals surface area contributed by atoms with Crippen LogP contribution in [0.25, 0.3) is 0 Å². The monoisotopic (exact) mass is 243 g/mol. The molecule has 1 aliphatic rings. The van der Waals surface area contributed by atoms with Crippen molar-refractivity contribution in [3.8, 4) is 0 Å². The molecular formula is C11H21N3OS. The van der Waals surface area contributed by atoms with E-state index < -0.39 is 0 Å². The Hall–Kier alpha value is -0.680. The van der Waals surface area contributed by atoms with Crippen molar-refractivity contribution < 1.29 is 4.79 Å². The Labute approximate surface area is 103 Å². The van der Waals surface area contributed by atoms with Gasteiger partial charge in [0.05, 0.1) is 11.0 Å². The number of nitrogens with zero attached hydrogens (tertiary/aromatic N) is 1. The van der Waals surface area contributed by atoms with Gasteiger partial charge in [0.1, 0.15) is 0 Å². The molecule has 1 fully saturated rings. The number of nitrogens with one attached hydrogen (secondary N) is 1. The summed E-state index contributed by atoms with van der Waals surface area (Å²) in [6.45, 7) is 5.44. The van der Waals surface area contributed by atoms with Gasteiger partial charge >= 0.3 is 0 Å². The highest BCUT2D eigenvalue weighted by atomic mass is 32.1. The van der Waals surface area contributed by atoms with E-state index >= 15 is 0 Å². The van der Waals surface area contributed by atoms with Crippen molar-refractivity contribution in [2.24, 2.45) is 5.73 Å². The van der Waals surface area contributed by atoms with Crippen LogP contribution in [-0.2, 0) is 4.79 Å². The Bertz CT molecular complexity index is 268. The zero-order chi connectivity index (χ0) is 12.1. The molecule has 1 unspecified atom stereocenters. The number of carbonyl (C=O) groups is 1. The van der Waals surface area contributed by atoms with Gasteiger partial charge in [-0.1, -0.05) is 12.2 Å². The molecule has 1 saturated heterocycles. The molecule has 1 atom stereocenters. The lowest BCUT2D eigenvalue weighted by molar-refractivity contribution is -0.126. The first-order valence-corrected chi connectivity index (χ1v) is 6.25. The molecule has 0 aromatic heterocycles. The molecule has 0 spiro atoms. The van der Waals surface area contributed by atoms with E-state index in [2.05, 4.69) is 24.1 Å². The molecule has 5 heteroatoms. The van der Waals surface area contributed by atoms with Crippen molar-refractivity contribution in [2.75, 3.05) is 13.1 Å². The van der Waals surface area contributed by atoms with E-state index in [0.29, 0.717) is 11.5 Å². The van der Waals surface area contributed by atoms with Gasteiger partial charge in [-0.3, -0.25) is 9.69 Å². The summed E-state index contributed by atoms with van der Waals surface area (Å²) in [7, 11) is 0. The van der Waals surface area contributed by atoms with Crippen molar-refractivity contribution in [3.63, 3.8) is 0 Å². The second-order valence-electron chi connectivity index (χ2n) is 4.54. The molecule has 0 aliphatic carbocycles. The predicted molar refractivity (Wildman–Crippen MR) is 69.3 cm³/mol. The third kappa shape index (κ3) is 3.72. The Morgan fingerprint density at radius 3 is 2.88 bits per heavy atom. The van der Waals surface area contributed by atoms with Gasteiger partial charge < -0.3 is 11.1 Å². The van der Waals surface area contributed by atoms with E-state index in [1.54, 1.807) is 0 Å². The van der Waals surface area contributed by atoms with Gasteiger partial charge in [0.25, 0.3) is 0 Å². The quantitative estimate of drug-likeness (QED) is 0.712. The average molecular weight is 243 g/mol. The average Bonchev–Trinajstić information content (AvgIpc) is 2.39. The first kappa shape index (κ1) is 13.4. The smallest absolute Gasteiger partial charge is 0.237 e. The van der Waals surface area contributed by atoms with Crippen LogP contribution in [-0.4, -0.2) is 41.0 Å². The normalized spacial score (nSPS) is 22.0. The number of carbonyl (C=O) groups excluding carboxylic acids is 1. The number of nitrogens with two attached hydrogens (primary N) is 1. The molecule has 1 amide bonds. The van der Waals surface area contributed by atoms with E-state index in [1.807, 2.05) is 0 Å². The lowest BCUT2D eigenvalue weighted by atomic mass is 10.1. The fraction of sp³-hybridized carbons (Fsp3) is 0.818. The highest BCUT2D eigenvalue weighted by Gasteiger charge is 2.28. The van der Waals surface area contributed by atoms with Crippen molar-refractivity contribution in [3.05, 3.63) is 0 Å². The molecule has 3 N–H and O–H groups in total. The van der Waals surface area contributed by atoms with Gasteiger partial charge in [-0.05, 0) is 33.1 Å². The predicted octanol–water partition coefficient (Wildman–Crippen LogP) is 0.652. The largest absolute Gasteiger partial charge is 0.392 e. The third-order valence-corrected chi connectivity index (χ3v) is 3.04. The molecule has 1 aliphatic heterocycles. The number of hydrogen-bond donors (Lipinski definition) is 2. The second-order valence-corrected chi connectivity index (χ2v) is 5.06. The number of amides is 1. The molecule has 1 rings (SSSR count). The van der Waals surface area contributed by atoms with E-state index in [9.17, 15) is 4.79 Å². The summed E-state index contributed by atoms with van der Waals surface area (Å²) in [6, 6.07) is 0.194. The zero-order valence-corrected chi connectivity index (χ0v) is 10.8.